The summed E-state index contributed by atoms with van der Waals surface area (Å²) >= 11 is 0. The Morgan fingerprint density at radius 2 is 1.66 bits per heavy atom. The summed E-state index contributed by atoms with van der Waals surface area (Å²) in [6.07, 6.45) is 2.06. The van der Waals surface area contributed by atoms with E-state index in [4.69, 9.17) is 4.74 Å². The molecule has 2 aromatic carbocycles. The zero-order valence-electron chi connectivity index (χ0n) is 17.5. The van der Waals surface area contributed by atoms with Crippen molar-refractivity contribution in [2.24, 2.45) is 5.41 Å². The van der Waals surface area contributed by atoms with Crippen molar-refractivity contribution in [1.29, 1.82) is 0 Å². The Labute approximate surface area is 172 Å². The lowest BCUT2D eigenvalue weighted by Crippen LogP contribution is -2.45. The fraction of sp³-hybridized carbons (Fsp3) is 0.440. The first kappa shape index (κ1) is 19.8. The maximum absolute atomic E-state index is 13.0. The molecule has 29 heavy (non-hydrogen) atoms. The normalized spacial score (nSPS) is 18.0. The Hall–Kier alpha value is -2.46. The van der Waals surface area contributed by atoms with Crippen LogP contribution in [0.1, 0.15) is 60.7 Å². The van der Waals surface area contributed by atoms with E-state index in [1.54, 1.807) is 0 Å². The van der Waals surface area contributed by atoms with Crippen molar-refractivity contribution in [2.45, 2.75) is 52.2 Å². The summed E-state index contributed by atoms with van der Waals surface area (Å²) in [5.74, 6) is 0.259. The first-order valence-electron chi connectivity index (χ1n) is 10.4. The van der Waals surface area contributed by atoms with Crippen LogP contribution in [-0.4, -0.2) is 29.7 Å². The molecule has 2 heterocycles. The fourth-order valence-electron chi connectivity index (χ4n) is 4.27. The van der Waals surface area contributed by atoms with Crippen molar-refractivity contribution < 1.29 is 14.3 Å². The minimum absolute atomic E-state index is 0.0554. The molecule has 0 N–H and O–H groups in total. The summed E-state index contributed by atoms with van der Waals surface area (Å²) in [4.78, 5) is 27.1. The number of rotatable bonds is 3. The summed E-state index contributed by atoms with van der Waals surface area (Å²) < 4.78 is 6.20. The molecule has 0 aliphatic carbocycles. The van der Waals surface area contributed by atoms with Crippen molar-refractivity contribution in [2.75, 3.05) is 13.1 Å². The van der Waals surface area contributed by atoms with Crippen molar-refractivity contribution in [3.8, 4) is 0 Å². The SMILES string of the molecule is CC(C)(C)C(=O)Cc1ccc(C(=O)N2CCC3(CC2)OCc2ccccc23)cc1. The monoisotopic (exact) mass is 391 g/mol. The van der Waals surface area contributed by atoms with Gasteiger partial charge in [0.15, 0.2) is 0 Å². The largest absolute Gasteiger partial charge is 0.365 e. The number of ether oxygens (including phenoxy) is 1. The second-order valence-corrected chi connectivity index (χ2v) is 9.28. The molecular weight excluding hydrogens is 362 g/mol. The third kappa shape index (κ3) is 3.86. The Kier molecular flexibility index (Phi) is 5.07. The van der Waals surface area contributed by atoms with E-state index in [2.05, 4.69) is 24.3 Å². The van der Waals surface area contributed by atoms with E-state index in [0.717, 1.165) is 18.4 Å². The number of carbonyl (C=O) groups excluding carboxylic acids is 2. The van der Waals surface area contributed by atoms with E-state index in [1.807, 2.05) is 49.9 Å². The van der Waals surface area contributed by atoms with E-state index in [0.29, 0.717) is 31.7 Å². The van der Waals surface area contributed by atoms with Crippen LogP contribution in [0.15, 0.2) is 48.5 Å². The summed E-state index contributed by atoms with van der Waals surface area (Å²) in [5.41, 5.74) is 3.62. The van der Waals surface area contributed by atoms with Gasteiger partial charge in [-0.2, -0.15) is 0 Å². The lowest BCUT2D eigenvalue weighted by Gasteiger charge is -2.39. The van der Waals surface area contributed by atoms with E-state index in [-0.39, 0.29) is 22.7 Å². The van der Waals surface area contributed by atoms with Crippen LogP contribution in [0.4, 0.5) is 0 Å². The number of likely N-dealkylation sites (tertiary alicyclic amines) is 1. The van der Waals surface area contributed by atoms with Crippen molar-refractivity contribution in [3.05, 3.63) is 70.8 Å². The molecule has 4 nitrogen and oxygen atoms in total. The smallest absolute Gasteiger partial charge is 0.253 e. The average Bonchev–Trinajstić information content (AvgIpc) is 3.06. The van der Waals surface area contributed by atoms with Crippen molar-refractivity contribution in [3.63, 3.8) is 0 Å². The molecule has 2 aliphatic heterocycles. The molecule has 0 atom stereocenters. The van der Waals surface area contributed by atoms with Crippen LogP contribution < -0.4 is 0 Å². The molecule has 0 aromatic heterocycles. The van der Waals surface area contributed by atoms with Crippen LogP contribution in [0.25, 0.3) is 0 Å². The number of hydrogen-bond donors (Lipinski definition) is 0. The molecule has 1 saturated heterocycles. The molecule has 1 spiro atoms. The first-order chi connectivity index (χ1) is 13.8. The Morgan fingerprint density at radius 1 is 1.00 bits per heavy atom. The molecule has 1 amide bonds. The number of carbonyl (C=O) groups is 2. The third-order valence-electron chi connectivity index (χ3n) is 6.27. The summed E-state index contributed by atoms with van der Waals surface area (Å²) in [6.45, 7) is 7.85. The van der Waals surface area contributed by atoms with Gasteiger partial charge >= 0.3 is 0 Å². The zero-order valence-corrected chi connectivity index (χ0v) is 17.5. The molecule has 2 aromatic rings. The molecule has 152 valence electrons. The van der Waals surface area contributed by atoms with E-state index >= 15 is 0 Å². The third-order valence-corrected chi connectivity index (χ3v) is 6.27. The van der Waals surface area contributed by atoms with E-state index in [1.165, 1.54) is 11.1 Å². The predicted octanol–water partition coefficient (Wildman–Crippen LogP) is 4.51. The number of benzene rings is 2. The van der Waals surface area contributed by atoms with Gasteiger partial charge in [0.1, 0.15) is 5.78 Å². The Bertz CT molecular complexity index is 916. The van der Waals surface area contributed by atoms with Crippen LogP contribution in [0, 0.1) is 5.41 Å². The van der Waals surface area contributed by atoms with Gasteiger partial charge in [0.05, 0.1) is 12.2 Å². The maximum atomic E-state index is 13.0. The van der Waals surface area contributed by atoms with Gasteiger partial charge < -0.3 is 9.64 Å². The zero-order chi connectivity index (χ0) is 20.6. The van der Waals surface area contributed by atoms with Gasteiger partial charge in [-0.3, -0.25) is 9.59 Å². The van der Waals surface area contributed by atoms with Gasteiger partial charge in [-0.05, 0) is 41.7 Å². The molecule has 4 heteroatoms. The molecule has 4 rings (SSSR count). The van der Waals surface area contributed by atoms with Crippen molar-refractivity contribution in [1.82, 2.24) is 4.90 Å². The lowest BCUT2D eigenvalue weighted by molar-refractivity contribution is -0.125. The van der Waals surface area contributed by atoms with Crippen molar-refractivity contribution >= 4 is 11.7 Å². The molecule has 0 saturated carbocycles. The second-order valence-electron chi connectivity index (χ2n) is 9.28. The summed E-state index contributed by atoms with van der Waals surface area (Å²) in [6, 6.07) is 15.9. The highest BCUT2D eigenvalue weighted by atomic mass is 16.5. The summed E-state index contributed by atoms with van der Waals surface area (Å²) in [7, 11) is 0. The topological polar surface area (TPSA) is 46.6 Å². The molecule has 0 bridgehead atoms. The molecule has 0 radical (unpaired) electrons. The van der Waals surface area contributed by atoms with Gasteiger partial charge in [-0.25, -0.2) is 0 Å². The highest BCUT2D eigenvalue weighted by Crippen LogP contribution is 2.44. The number of Topliss-reactive ketones (excluding diaryl/α,β-unsaturated/α-hetero) is 1. The number of ketones is 1. The van der Waals surface area contributed by atoms with Crippen LogP contribution in [0.5, 0.6) is 0 Å². The highest BCUT2D eigenvalue weighted by molar-refractivity contribution is 5.94. The quantitative estimate of drug-likeness (QED) is 0.774. The first-order valence-corrected chi connectivity index (χ1v) is 10.4. The van der Waals surface area contributed by atoms with Gasteiger partial charge in [-0.1, -0.05) is 57.2 Å². The average molecular weight is 392 g/mol. The number of piperidine rings is 1. The van der Waals surface area contributed by atoms with E-state index in [9.17, 15) is 9.59 Å². The Morgan fingerprint density at radius 3 is 2.31 bits per heavy atom. The van der Waals surface area contributed by atoms with Crippen LogP contribution >= 0.6 is 0 Å². The maximum Gasteiger partial charge on any atom is 0.253 e. The predicted molar refractivity (Wildman–Crippen MR) is 113 cm³/mol. The summed E-state index contributed by atoms with van der Waals surface area (Å²) in [5, 5.41) is 0. The minimum Gasteiger partial charge on any atom is -0.365 e. The molecule has 1 fully saturated rings. The van der Waals surface area contributed by atoms with Gasteiger partial charge in [0, 0.05) is 30.5 Å². The fourth-order valence-corrected chi connectivity index (χ4v) is 4.27. The minimum atomic E-state index is -0.348. The van der Waals surface area contributed by atoms with Gasteiger partial charge in [-0.15, -0.1) is 0 Å². The number of nitrogens with zero attached hydrogens (tertiary/aromatic N) is 1. The van der Waals surface area contributed by atoms with Gasteiger partial charge in [0.2, 0.25) is 0 Å². The van der Waals surface area contributed by atoms with Crippen LogP contribution in [-0.2, 0) is 28.2 Å². The Balaban J connectivity index is 1.40. The number of fused-ring (bicyclic) bond motifs is 2. The molecule has 0 unspecified atom stereocenters. The van der Waals surface area contributed by atoms with Gasteiger partial charge in [0.25, 0.3) is 5.91 Å². The molecular formula is C25H29NO3. The number of hydrogen-bond acceptors (Lipinski definition) is 3. The van der Waals surface area contributed by atoms with Crippen LogP contribution in [0.3, 0.4) is 0 Å². The standard InChI is InChI=1S/C25H29NO3/c1-24(2,3)22(27)16-18-8-10-19(11-9-18)23(28)26-14-12-25(13-15-26)21-7-5-4-6-20(21)17-29-25/h4-11H,12-17H2,1-3H3. The number of amides is 1. The van der Waals surface area contributed by atoms with Crippen LogP contribution in [0.2, 0.25) is 0 Å². The molecule has 2 aliphatic rings. The lowest BCUT2D eigenvalue weighted by atomic mass is 9.83. The highest BCUT2D eigenvalue weighted by Gasteiger charge is 2.43. The second kappa shape index (κ2) is 7.42. The van der Waals surface area contributed by atoms with E-state index < -0.39 is 0 Å².